The number of anilines is 1. The number of hydrogen-bond donors (Lipinski definition) is 2. The van der Waals surface area contributed by atoms with Crippen LogP contribution in [0.5, 0.6) is 0 Å². The minimum Gasteiger partial charge on any atom is -0.477 e. The fraction of sp³-hybridized carbons (Fsp3) is 0.429. The first-order valence-corrected chi connectivity index (χ1v) is 4.49. The number of halogens is 1. The van der Waals surface area contributed by atoms with Crippen molar-refractivity contribution >= 4 is 39.4 Å². The normalized spacial score (nSPS) is 15.1. The van der Waals surface area contributed by atoms with Gasteiger partial charge >= 0.3 is 5.97 Å². The second-order valence-electron chi connectivity index (χ2n) is 2.85. The van der Waals surface area contributed by atoms with Crippen molar-refractivity contribution in [1.29, 1.82) is 0 Å². The van der Waals surface area contributed by atoms with Crippen LogP contribution in [0.3, 0.4) is 0 Å². The second-order valence-corrected chi connectivity index (χ2v) is 3.88. The SMILES string of the molecule is Br.Nc1nc(C2CC2)c(C(=O)O)s1. The third-order valence-electron chi connectivity index (χ3n) is 1.83. The van der Waals surface area contributed by atoms with Crippen LogP contribution >= 0.6 is 28.3 Å². The molecule has 2 rings (SSSR count). The van der Waals surface area contributed by atoms with E-state index in [1.165, 1.54) is 0 Å². The van der Waals surface area contributed by atoms with Crippen molar-refractivity contribution in [3.8, 4) is 0 Å². The Hall–Kier alpha value is -0.620. The van der Waals surface area contributed by atoms with Crippen molar-refractivity contribution in [2.45, 2.75) is 18.8 Å². The minimum atomic E-state index is -0.911. The summed E-state index contributed by atoms with van der Waals surface area (Å²) in [7, 11) is 0. The number of carboxylic acids is 1. The molecule has 0 atom stereocenters. The van der Waals surface area contributed by atoms with Gasteiger partial charge in [0.05, 0.1) is 5.69 Å². The molecule has 13 heavy (non-hydrogen) atoms. The lowest BCUT2D eigenvalue weighted by Crippen LogP contribution is -1.97. The Morgan fingerprint density at radius 3 is 2.69 bits per heavy atom. The van der Waals surface area contributed by atoms with Crippen LogP contribution in [0.1, 0.15) is 34.1 Å². The Balaban J connectivity index is 0.000000845. The molecule has 0 spiro atoms. The summed E-state index contributed by atoms with van der Waals surface area (Å²) >= 11 is 1.06. The number of carboxylic acid groups (broad SMARTS) is 1. The van der Waals surface area contributed by atoms with E-state index in [0.717, 1.165) is 24.2 Å². The summed E-state index contributed by atoms with van der Waals surface area (Å²) in [4.78, 5) is 15.0. The van der Waals surface area contributed by atoms with Gasteiger partial charge in [0.1, 0.15) is 4.88 Å². The van der Waals surface area contributed by atoms with Crippen molar-refractivity contribution in [1.82, 2.24) is 4.98 Å². The zero-order chi connectivity index (χ0) is 8.72. The largest absolute Gasteiger partial charge is 0.477 e. The summed E-state index contributed by atoms with van der Waals surface area (Å²) in [5, 5.41) is 9.13. The number of nitrogens with two attached hydrogens (primary N) is 1. The predicted molar refractivity (Wildman–Crippen MR) is 55.8 cm³/mol. The second kappa shape index (κ2) is 3.63. The topological polar surface area (TPSA) is 76.2 Å². The summed E-state index contributed by atoms with van der Waals surface area (Å²) in [5.74, 6) is -0.559. The van der Waals surface area contributed by atoms with Gasteiger partial charge in [0.25, 0.3) is 0 Å². The quantitative estimate of drug-likeness (QED) is 0.855. The number of rotatable bonds is 2. The van der Waals surface area contributed by atoms with Crippen molar-refractivity contribution in [2.24, 2.45) is 0 Å². The smallest absolute Gasteiger partial charge is 0.347 e. The van der Waals surface area contributed by atoms with Gasteiger partial charge in [-0.15, -0.1) is 17.0 Å². The molecule has 0 unspecified atom stereocenters. The molecule has 0 amide bonds. The van der Waals surface area contributed by atoms with Gasteiger partial charge in [-0.1, -0.05) is 11.3 Å². The number of hydrogen-bond acceptors (Lipinski definition) is 4. The van der Waals surface area contributed by atoms with E-state index in [1.54, 1.807) is 0 Å². The van der Waals surface area contributed by atoms with E-state index in [-0.39, 0.29) is 17.0 Å². The van der Waals surface area contributed by atoms with Gasteiger partial charge in [-0.2, -0.15) is 0 Å². The number of thiazole rings is 1. The highest BCUT2D eigenvalue weighted by atomic mass is 79.9. The number of aromatic carboxylic acids is 1. The van der Waals surface area contributed by atoms with Crippen molar-refractivity contribution in [3.63, 3.8) is 0 Å². The molecular formula is C7H9BrN2O2S. The third-order valence-corrected chi connectivity index (χ3v) is 2.72. The van der Waals surface area contributed by atoms with Gasteiger partial charge in [0.2, 0.25) is 0 Å². The molecule has 0 aliphatic heterocycles. The summed E-state index contributed by atoms with van der Waals surface area (Å²) in [6.07, 6.45) is 2.09. The molecule has 0 radical (unpaired) electrons. The lowest BCUT2D eigenvalue weighted by atomic mass is 10.2. The average Bonchev–Trinajstić information content (AvgIpc) is 2.75. The molecule has 4 nitrogen and oxygen atoms in total. The zero-order valence-electron chi connectivity index (χ0n) is 6.69. The molecule has 0 bridgehead atoms. The molecule has 1 heterocycles. The number of nitrogen functional groups attached to an aromatic ring is 1. The molecule has 1 aliphatic rings. The van der Waals surface area contributed by atoms with Gasteiger partial charge in [-0.05, 0) is 12.8 Å². The van der Waals surface area contributed by atoms with Crippen LogP contribution in [0.2, 0.25) is 0 Å². The first-order valence-electron chi connectivity index (χ1n) is 3.68. The van der Waals surface area contributed by atoms with Crippen LogP contribution in [0.15, 0.2) is 0 Å². The molecular weight excluding hydrogens is 256 g/mol. The van der Waals surface area contributed by atoms with Crippen LogP contribution < -0.4 is 5.73 Å². The van der Waals surface area contributed by atoms with Crippen LogP contribution in [-0.2, 0) is 0 Å². The van der Waals surface area contributed by atoms with E-state index >= 15 is 0 Å². The standard InChI is InChI=1S/C7H8N2O2S.BrH/c8-7-9-4(3-1-2-3)5(12-7)6(10)11;/h3H,1-2H2,(H2,8,9)(H,10,11);1H. The fourth-order valence-corrected chi connectivity index (χ4v) is 1.89. The molecule has 0 saturated heterocycles. The fourth-order valence-electron chi connectivity index (χ4n) is 1.14. The summed E-state index contributed by atoms with van der Waals surface area (Å²) in [5.41, 5.74) is 6.11. The lowest BCUT2D eigenvalue weighted by molar-refractivity contribution is 0.0700. The summed E-state index contributed by atoms with van der Waals surface area (Å²) in [6.45, 7) is 0. The van der Waals surface area contributed by atoms with Gasteiger partial charge in [0.15, 0.2) is 5.13 Å². The Kier molecular flexibility index (Phi) is 2.92. The van der Waals surface area contributed by atoms with Crippen LogP contribution in [0.25, 0.3) is 0 Å². The highest BCUT2D eigenvalue weighted by molar-refractivity contribution is 8.93. The number of nitrogens with zero attached hydrogens (tertiary/aromatic N) is 1. The minimum absolute atomic E-state index is 0. The maximum atomic E-state index is 10.7. The maximum absolute atomic E-state index is 10.7. The first kappa shape index (κ1) is 10.5. The highest BCUT2D eigenvalue weighted by Crippen LogP contribution is 2.43. The van der Waals surface area contributed by atoms with Crippen molar-refractivity contribution in [3.05, 3.63) is 10.6 Å². The van der Waals surface area contributed by atoms with E-state index in [9.17, 15) is 4.79 Å². The molecule has 3 N–H and O–H groups in total. The monoisotopic (exact) mass is 264 g/mol. The van der Waals surface area contributed by atoms with Gasteiger partial charge < -0.3 is 10.8 Å². The Morgan fingerprint density at radius 2 is 2.23 bits per heavy atom. The van der Waals surface area contributed by atoms with Gasteiger partial charge in [0, 0.05) is 5.92 Å². The molecule has 1 aromatic heterocycles. The highest BCUT2D eigenvalue weighted by Gasteiger charge is 2.31. The van der Waals surface area contributed by atoms with E-state index in [0.29, 0.717) is 21.6 Å². The van der Waals surface area contributed by atoms with E-state index in [4.69, 9.17) is 10.8 Å². The molecule has 1 saturated carbocycles. The van der Waals surface area contributed by atoms with E-state index in [1.807, 2.05) is 0 Å². The Morgan fingerprint density at radius 1 is 1.62 bits per heavy atom. The Labute approximate surface area is 89.6 Å². The van der Waals surface area contributed by atoms with Crippen LogP contribution in [0, 0.1) is 0 Å². The van der Waals surface area contributed by atoms with Crippen LogP contribution in [-0.4, -0.2) is 16.1 Å². The predicted octanol–water partition coefficient (Wildman–Crippen LogP) is 1.88. The molecule has 0 aromatic carbocycles. The van der Waals surface area contributed by atoms with Crippen LogP contribution in [0.4, 0.5) is 5.13 Å². The maximum Gasteiger partial charge on any atom is 0.347 e. The Bertz CT molecular complexity index is 335. The number of carbonyl (C=O) groups is 1. The lowest BCUT2D eigenvalue weighted by Gasteiger charge is -1.91. The third kappa shape index (κ3) is 2.00. The summed E-state index contributed by atoms with van der Waals surface area (Å²) in [6, 6.07) is 0. The first-order chi connectivity index (χ1) is 5.68. The molecule has 1 aromatic rings. The van der Waals surface area contributed by atoms with Crippen molar-refractivity contribution in [2.75, 3.05) is 5.73 Å². The van der Waals surface area contributed by atoms with E-state index < -0.39 is 5.97 Å². The number of aromatic nitrogens is 1. The summed E-state index contributed by atoms with van der Waals surface area (Å²) < 4.78 is 0. The molecule has 6 heteroatoms. The van der Waals surface area contributed by atoms with Crippen molar-refractivity contribution < 1.29 is 9.90 Å². The molecule has 1 fully saturated rings. The van der Waals surface area contributed by atoms with Gasteiger partial charge in [-0.25, -0.2) is 9.78 Å². The zero-order valence-corrected chi connectivity index (χ0v) is 9.22. The molecule has 72 valence electrons. The van der Waals surface area contributed by atoms with Gasteiger partial charge in [-0.3, -0.25) is 0 Å². The molecule has 1 aliphatic carbocycles. The van der Waals surface area contributed by atoms with E-state index in [2.05, 4.69) is 4.98 Å². The average molecular weight is 265 g/mol.